The highest BCUT2D eigenvalue weighted by molar-refractivity contribution is 6.02. The number of rotatable bonds is 12. The monoisotopic (exact) mass is 978 g/mol. The van der Waals surface area contributed by atoms with Crippen molar-refractivity contribution in [2.24, 2.45) is 10.9 Å². The van der Waals surface area contributed by atoms with Gasteiger partial charge in [-0.05, 0) is 81.1 Å². The fourth-order valence-corrected chi connectivity index (χ4v) is 6.16. The van der Waals surface area contributed by atoms with E-state index in [2.05, 4.69) is 10.4 Å². The van der Waals surface area contributed by atoms with Gasteiger partial charge in [-0.3, -0.25) is 65.2 Å². The van der Waals surface area contributed by atoms with E-state index in [1.54, 1.807) is 42.5 Å². The van der Waals surface area contributed by atoms with E-state index in [-0.39, 0.29) is 37.5 Å². The third-order valence-corrected chi connectivity index (χ3v) is 9.88. The van der Waals surface area contributed by atoms with Crippen LogP contribution in [0.5, 0.6) is 0 Å². The summed E-state index contributed by atoms with van der Waals surface area (Å²) in [5, 5.41) is 41.3. The van der Waals surface area contributed by atoms with Gasteiger partial charge in [0, 0.05) is 58.7 Å². The molecule has 2 fully saturated rings. The number of nitrogens with one attached hydrogen (secondary N) is 2. The summed E-state index contributed by atoms with van der Waals surface area (Å²) >= 11 is 0. The molecule has 370 valence electrons. The van der Waals surface area contributed by atoms with Crippen molar-refractivity contribution in [1.29, 1.82) is 0 Å². The Balaban J connectivity index is 0.000000254. The average molecular weight is 979 g/mol. The number of nitro benzene ring substituents is 3. The normalized spacial score (nSPS) is 12.5. The number of hydrogen-bond acceptors (Lipinski definition) is 17. The number of aryl methyl sites for hydroxylation is 5. The molecule has 4 N–H and O–H groups in total. The topological polar surface area (TPSA) is 340 Å². The third-order valence-electron chi connectivity index (χ3n) is 9.88. The molecule has 2 aliphatic rings. The molecule has 0 spiro atoms. The molecule has 3 aromatic heterocycles. The van der Waals surface area contributed by atoms with E-state index in [0.29, 0.717) is 59.1 Å². The summed E-state index contributed by atoms with van der Waals surface area (Å²) in [6.45, 7) is 9.43. The molecule has 2 saturated heterocycles. The molecule has 71 heavy (non-hydrogen) atoms. The highest BCUT2D eigenvalue weighted by Crippen LogP contribution is 2.28. The van der Waals surface area contributed by atoms with Crippen LogP contribution in [0.3, 0.4) is 0 Å². The largest absolute Gasteiger partial charge is 1.00 e. The fraction of sp³-hybridized carbons (Fsp3) is 0.213. The summed E-state index contributed by atoms with van der Waals surface area (Å²) in [6, 6.07) is 22.8. The second kappa shape index (κ2) is 25.6. The maximum atomic E-state index is 11.5. The van der Waals surface area contributed by atoms with Crippen LogP contribution >= 0.6 is 0 Å². The van der Waals surface area contributed by atoms with E-state index in [1.165, 1.54) is 42.6 Å². The Morgan fingerprint density at radius 3 is 1.34 bits per heavy atom. The van der Waals surface area contributed by atoms with Crippen molar-refractivity contribution in [3.63, 3.8) is 0 Å². The Labute approximate surface area is 405 Å². The van der Waals surface area contributed by atoms with E-state index in [4.69, 9.17) is 19.1 Å². The zero-order valence-corrected chi connectivity index (χ0v) is 38.8. The van der Waals surface area contributed by atoms with E-state index in [0.717, 1.165) is 50.7 Å². The van der Waals surface area contributed by atoms with Crippen LogP contribution in [0.1, 0.15) is 77.1 Å². The zero-order valence-electron chi connectivity index (χ0n) is 39.8. The van der Waals surface area contributed by atoms with Crippen LogP contribution in [0.2, 0.25) is 0 Å². The predicted molar refractivity (Wildman–Crippen MR) is 255 cm³/mol. The fourth-order valence-electron chi connectivity index (χ4n) is 6.16. The Morgan fingerprint density at radius 2 is 1.00 bits per heavy atom. The van der Waals surface area contributed by atoms with Crippen molar-refractivity contribution in [3.05, 3.63) is 167 Å². The first kappa shape index (κ1) is 54.2. The van der Waals surface area contributed by atoms with Crippen LogP contribution < -0.4 is 16.5 Å². The molecule has 2 aliphatic heterocycles. The Hall–Kier alpha value is -9.45. The summed E-state index contributed by atoms with van der Waals surface area (Å²) in [6.07, 6.45) is 5.03. The lowest BCUT2D eigenvalue weighted by molar-refractivity contribution is -0.385. The van der Waals surface area contributed by atoms with Crippen LogP contribution in [0.25, 0.3) is 22.6 Å². The first-order valence-electron chi connectivity index (χ1n) is 21.3. The van der Waals surface area contributed by atoms with Gasteiger partial charge in [-0.25, -0.2) is 20.4 Å². The lowest BCUT2D eigenvalue weighted by Crippen LogP contribution is -2.34. The molecule has 3 aromatic carbocycles. The maximum Gasteiger partial charge on any atom is 1.00 e. The SMILES string of the molecule is CCc1cc(-c2ccc([N+](=O)[O-])cc2)oc1/C=N/N1CC(=O)NC1=O.CCc1cc(-c2ccc([N+](=O)[O-])cc2)oc1C=O.CCc1cc(C)oc1C=O.Cc1ccc([N+](=O)[O-])cc1.NN1CC(=O)NC1=O.[H+]. The van der Waals surface area contributed by atoms with Gasteiger partial charge < -0.3 is 13.3 Å². The zero-order chi connectivity index (χ0) is 52.4. The third kappa shape index (κ3) is 15.5. The number of urea groups is 2. The van der Waals surface area contributed by atoms with Crippen molar-refractivity contribution >= 4 is 59.7 Å². The molecule has 24 heteroatoms. The van der Waals surface area contributed by atoms with Crippen molar-refractivity contribution in [2.75, 3.05) is 13.1 Å². The van der Waals surface area contributed by atoms with E-state index in [1.807, 2.05) is 52.1 Å². The van der Waals surface area contributed by atoms with Crippen LogP contribution in [0.15, 0.2) is 109 Å². The maximum absolute atomic E-state index is 11.5. The number of carbonyl (C=O) groups is 6. The number of hydrazine groups is 1. The standard InChI is InChI=1S/C16H14N4O5.C13H11NO4.C8H10O2.C7H7NO2.C3H5N3O2/c1-2-10-7-13(11-3-5-12(6-4-11)20(23)24)25-14(10)8-17-19-9-15(21)18-16(19)22;1-2-9-7-12(18-13(9)8-15)10-3-5-11(6-4-10)14(16)17;1-3-7-4-6(2)10-8(7)5-9;1-6-2-4-7(5-3-6)8(9)10;4-6-1-2(7)5-3(6)8/h3-8H,2,9H2,1H3,(H,18,21,22);3-8H,2H2,1H3;4-5H,3H2,1-2H3;2-5H,1H3;1,4H2,(H,5,7,8)/p+1/b17-8+;;;;. The lowest BCUT2D eigenvalue weighted by atomic mass is 10.1. The summed E-state index contributed by atoms with van der Waals surface area (Å²) in [5.41, 5.74) is 5.29. The van der Waals surface area contributed by atoms with Gasteiger partial charge >= 0.3 is 13.5 Å². The number of amides is 6. The number of non-ortho nitro benzene ring substituents is 3. The van der Waals surface area contributed by atoms with Crippen molar-refractivity contribution in [1.82, 2.24) is 20.7 Å². The number of nitrogens with zero attached hydrogens (tertiary/aromatic N) is 6. The number of aldehydes is 2. The highest BCUT2D eigenvalue weighted by atomic mass is 16.6. The lowest BCUT2D eigenvalue weighted by Gasteiger charge is -2.03. The molecule has 0 bridgehead atoms. The number of nitro groups is 3. The molecule has 8 rings (SSSR count). The number of hydrogen-bond donors (Lipinski definition) is 3. The summed E-state index contributed by atoms with van der Waals surface area (Å²) in [7, 11) is 0. The van der Waals surface area contributed by atoms with Gasteiger partial charge in [0.05, 0.1) is 21.0 Å². The molecule has 6 aromatic rings. The molecule has 6 amide bonds. The van der Waals surface area contributed by atoms with Gasteiger partial charge in [-0.15, -0.1) is 0 Å². The number of carbonyl (C=O) groups excluding carboxylic acids is 6. The second-order valence-electron chi connectivity index (χ2n) is 14.9. The van der Waals surface area contributed by atoms with Gasteiger partial charge in [0.25, 0.3) is 17.1 Å². The van der Waals surface area contributed by atoms with Crippen molar-refractivity contribution in [3.8, 4) is 22.6 Å². The predicted octanol–water partition coefficient (Wildman–Crippen LogP) is 7.92. The van der Waals surface area contributed by atoms with E-state index >= 15 is 0 Å². The van der Waals surface area contributed by atoms with Crippen LogP contribution in [-0.2, 0) is 28.9 Å². The van der Waals surface area contributed by atoms with Gasteiger partial charge in [-0.2, -0.15) is 5.10 Å². The molecule has 0 aliphatic carbocycles. The summed E-state index contributed by atoms with van der Waals surface area (Å²) in [4.78, 5) is 94.2. The molecular weight excluding hydrogens is 931 g/mol. The minimum Gasteiger partial charge on any atom is -0.458 e. The van der Waals surface area contributed by atoms with E-state index < -0.39 is 32.7 Å². The number of imide groups is 2. The van der Waals surface area contributed by atoms with Crippen LogP contribution in [0, 0.1) is 44.2 Å². The number of nitrogens with two attached hydrogens (primary N) is 1. The highest BCUT2D eigenvalue weighted by Gasteiger charge is 2.26. The molecule has 24 nitrogen and oxygen atoms in total. The van der Waals surface area contributed by atoms with Crippen molar-refractivity contribution < 1.29 is 58.2 Å². The van der Waals surface area contributed by atoms with Gasteiger partial charge in [0.2, 0.25) is 11.8 Å². The minimum atomic E-state index is -0.582. The molecule has 0 saturated carbocycles. The summed E-state index contributed by atoms with van der Waals surface area (Å²) in [5.74, 6) is 7.34. The van der Waals surface area contributed by atoms with Gasteiger partial charge in [-0.1, -0.05) is 38.5 Å². The number of benzene rings is 3. The van der Waals surface area contributed by atoms with Gasteiger partial charge in [0.15, 0.2) is 29.9 Å². The quantitative estimate of drug-likeness (QED) is 0.0199. The van der Waals surface area contributed by atoms with Gasteiger partial charge in [0.1, 0.15) is 30.4 Å². The minimum absolute atomic E-state index is 0. The number of furan rings is 3. The Morgan fingerprint density at radius 1 is 0.606 bits per heavy atom. The molecule has 0 unspecified atom stereocenters. The first-order valence-corrected chi connectivity index (χ1v) is 21.3. The Bertz CT molecular complexity index is 2930. The Kier molecular flexibility index (Phi) is 19.5. The second-order valence-corrected chi connectivity index (χ2v) is 14.9. The molecule has 0 radical (unpaired) electrons. The molecule has 5 heterocycles. The smallest absolute Gasteiger partial charge is 0.458 e. The van der Waals surface area contributed by atoms with Crippen LogP contribution in [0.4, 0.5) is 26.7 Å². The molecule has 0 atom stereocenters. The summed E-state index contributed by atoms with van der Waals surface area (Å²) < 4.78 is 16.2. The molecular formula is C47H48N9O15+. The van der Waals surface area contributed by atoms with E-state index in [9.17, 15) is 59.1 Å². The average Bonchev–Trinajstić information content (AvgIpc) is 4.19. The van der Waals surface area contributed by atoms with Crippen LogP contribution in [-0.4, -0.2) is 80.5 Å². The first-order chi connectivity index (χ1) is 33.8. The van der Waals surface area contributed by atoms with Crippen molar-refractivity contribution in [2.45, 2.75) is 53.9 Å². The number of hydrazone groups is 1.